The first-order valence-corrected chi connectivity index (χ1v) is 9.42. The molecular weight excluding hydrogens is 324 g/mol. The summed E-state index contributed by atoms with van der Waals surface area (Å²) >= 11 is 0. The van der Waals surface area contributed by atoms with Crippen molar-refractivity contribution >= 4 is 16.9 Å². The Morgan fingerprint density at radius 3 is 2.92 bits per heavy atom. The SMILES string of the molecule is Cn1ncc2c(C(=O)NC3CCCc4ccccc43)cc(C3CC3)nc21. The number of carbonyl (C=O) groups excluding carboxylic acids is 1. The van der Waals surface area contributed by atoms with Crippen LogP contribution in [0.4, 0.5) is 0 Å². The van der Waals surface area contributed by atoms with Gasteiger partial charge in [-0.25, -0.2) is 4.98 Å². The molecule has 1 amide bonds. The molecule has 1 aromatic carbocycles. The Hall–Kier alpha value is -2.69. The monoisotopic (exact) mass is 346 g/mol. The molecule has 26 heavy (non-hydrogen) atoms. The van der Waals surface area contributed by atoms with Gasteiger partial charge in [0, 0.05) is 18.7 Å². The van der Waals surface area contributed by atoms with Gasteiger partial charge in [-0.15, -0.1) is 0 Å². The van der Waals surface area contributed by atoms with Crippen LogP contribution >= 0.6 is 0 Å². The number of fused-ring (bicyclic) bond motifs is 2. The van der Waals surface area contributed by atoms with Crippen LogP contribution < -0.4 is 5.32 Å². The summed E-state index contributed by atoms with van der Waals surface area (Å²) < 4.78 is 1.76. The molecule has 5 heteroatoms. The summed E-state index contributed by atoms with van der Waals surface area (Å²) in [5.41, 5.74) is 5.13. The number of hydrogen-bond donors (Lipinski definition) is 1. The van der Waals surface area contributed by atoms with Gasteiger partial charge in [0.2, 0.25) is 0 Å². The average molecular weight is 346 g/mol. The molecule has 3 aromatic rings. The predicted octanol–water partition coefficient (Wildman–Crippen LogP) is 3.65. The standard InChI is InChI=1S/C21H22N4O/c1-25-20-17(12-22-25)16(11-19(23-20)14-9-10-14)21(26)24-18-8-4-6-13-5-2-3-7-15(13)18/h2-3,5,7,11-12,14,18H,4,6,8-10H2,1H3,(H,24,26). The van der Waals surface area contributed by atoms with Gasteiger partial charge in [0.1, 0.15) is 0 Å². The lowest BCUT2D eigenvalue weighted by atomic mass is 9.87. The van der Waals surface area contributed by atoms with Crippen LogP contribution in [0.5, 0.6) is 0 Å². The molecule has 5 rings (SSSR count). The second kappa shape index (κ2) is 5.94. The minimum Gasteiger partial charge on any atom is -0.345 e. The predicted molar refractivity (Wildman–Crippen MR) is 100 cm³/mol. The summed E-state index contributed by atoms with van der Waals surface area (Å²) in [7, 11) is 1.88. The minimum absolute atomic E-state index is 0.0194. The van der Waals surface area contributed by atoms with E-state index in [1.54, 1.807) is 10.9 Å². The Bertz CT molecular complexity index is 1000. The molecule has 0 saturated heterocycles. The normalized spacial score (nSPS) is 19.3. The molecule has 2 heterocycles. The van der Waals surface area contributed by atoms with Crippen LogP contribution in [0.2, 0.25) is 0 Å². The Morgan fingerprint density at radius 1 is 1.23 bits per heavy atom. The number of carbonyl (C=O) groups is 1. The van der Waals surface area contributed by atoms with Crippen molar-refractivity contribution in [3.05, 3.63) is 58.9 Å². The highest BCUT2D eigenvalue weighted by Gasteiger charge is 2.29. The number of amides is 1. The maximum absolute atomic E-state index is 13.2. The third-order valence-corrected chi connectivity index (χ3v) is 5.64. The van der Waals surface area contributed by atoms with E-state index in [2.05, 4.69) is 34.7 Å². The van der Waals surface area contributed by atoms with Crippen molar-refractivity contribution in [2.45, 2.75) is 44.1 Å². The summed E-state index contributed by atoms with van der Waals surface area (Å²) in [5.74, 6) is 0.477. The molecule has 0 aliphatic heterocycles. The Balaban J connectivity index is 1.51. The lowest BCUT2D eigenvalue weighted by molar-refractivity contribution is 0.0934. The fourth-order valence-electron chi connectivity index (χ4n) is 4.05. The number of aryl methyl sites for hydroxylation is 2. The number of benzene rings is 1. The smallest absolute Gasteiger partial charge is 0.252 e. The van der Waals surface area contributed by atoms with Gasteiger partial charge in [0.15, 0.2) is 5.65 Å². The van der Waals surface area contributed by atoms with Gasteiger partial charge in [-0.05, 0) is 49.3 Å². The van der Waals surface area contributed by atoms with Crippen LogP contribution in [0.3, 0.4) is 0 Å². The number of aromatic nitrogens is 3. The van der Waals surface area contributed by atoms with Crippen molar-refractivity contribution in [3.63, 3.8) is 0 Å². The van der Waals surface area contributed by atoms with Gasteiger partial charge in [0.05, 0.1) is 23.2 Å². The van der Waals surface area contributed by atoms with E-state index < -0.39 is 0 Å². The van der Waals surface area contributed by atoms with Gasteiger partial charge in [-0.1, -0.05) is 24.3 Å². The van der Waals surface area contributed by atoms with E-state index in [1.165, 1.54) is 11.1 Å². The molecule has 1 atom stereocenters. The molecule has 1 fully saturated rings. The summed E-state index contributed by atoms with van der Waals surface area (Å²) in [6, 6.07) is 10.5. The maximum atomic E-state index is 13.2. The van der Waals surface area contributed by atoms with Crippen molar-refractivity contribution in [1.82, 2.24) is 20.1 Å². The van der Waals surface area contributed by atoms with E-state index in [0.717, 1.165) is 48.8 Å². The summed E-state index contributed by atoms with van der Waals surface area (Å²) in [6.45, 7) is 0. The first-order valence-electron chi connectivity index (χ1n) is 9.42. The second-order valence-corrected chi connectivity index (χ2v) is 7.49. The zero-order valence-corrected chi connectivity index (χ0v) is 14.9. The molecule has 1 saturated carbocycles. The number of nitrogens with one attached hydrogen (secondary N) is 1. The number of rotatable bonds is 3. The van der Waals surface area contributed by atoms with Gasteiger partial charge < -0.3 is 5.32 Å². The highest BCUT2D eigenvalue weighted by Crippen LogP contribution is 2.40. The van der Waals surface area contributed by atoms with Crippen molar-refractivity contribution in [2.75, 3.05) is 0 Å². The zero-order chi connectivity index (χ0) is 17.7. The topological polar surface area (TPSA) is 59.8 Å². The summed E-state index contributed by atoms with van der Waals surface area (Å²) in [4.78, 5) is 17.9. The maximum Gasteiger partial charge on any atom is 0.252 e. The molecule has 2 aliphatic carbocycles. The van der Waals surface area contributed by atoms with Crippen LogP contribution in [0, 0.1) is 0 Å². The first kappa shape index (κ1) is 15.6. The molecule has 0 bridgehead atoms. The van der Waals surface area contributed by atoms with Crippen molar-refractivity contribution in [3.8, 4) is 0 Å². The average Bonchev–Trinajstić information content (AvgIpc) is 3.45. The Morgan fingerprint density at radius 2 is 2.08 bits per heavy atom. The van der Waals surface area contributed by atoms with E-state index in [4.69, 9.17) is 4.98 Å². The molecule has 5 nitrogen and oxygen atoms in total. The zero-order valence-electron chi connectivity index (χ0n) is 14.9. The quantitative estimate of drug-likeness (QED) is 0.787. The fraction of sp³-hybridized carbons (Fsp3) is 0.381. The molecule has 132 valence electrons. The van der Waals surface area contributed by atoms with Crippen LogP contribution in [-0.4, -0.2) is 20.7 Å². The Kier molecular flexibility index (Phi) is 3.55. The van der Waals surface area contributed by atoms with Crippen LogP contribution in [-0.2, 0) is 13.5 Å². The Labute approximate surface area is 152 Å². The third kappa shape index (κ3) is 2.59. The fourth-order valence-corrected chi connectivity index (χ4v) is 4.05. The van der Waals surface area contributed by atoms with Gasteiger partial charge >= 0.3 is 0 Å². The van der Waals surface area contributed by atoms with Crippen molar-refractivity contribution < 1.29 is 4.79 Å². The molecule has 1 unspecified atom stereocenters. The second-order valence-electron chi connectivity index (χ2n) is 7.49. The first-order chi connectivity index (χ1) is 12.7. The minimum atomic E-state index is -0.0194. The van der Waals surface area contributed by atoms with E-state index in [1.807, 2.05) is 13.1 Å². The molecule has 0 radical (unpaired) electrons. The van der Waals surface area contributed by atoms with Crippen LogP contribution in [0.15, 0.2) is 36.5 Å². The van der Waals surface area contributed by atoms with Gasteiger partial charge in [-0.3, -0.25) is 9.48 Å². The molecule has 2 aromatic heterocycles. The molecule has 1 N–H and O–H groups in total. The van der Waals surface area contributed by atoms with E-state index in [-0.39, 0.29) is 11.9 Å². The highest BCUT2D eigenvalue weighted by molar-refractivity contribution is 6.05. The molecular formula is C21H22N4O. The van der Waals surface area contributed by atoms with Crippen LogP contribution in [0.1, 0.15) is 64.8 Å². The van der Waals surface area contributed by atoms with Gasteiger partial charge in [0.25, 0.3) is 5.91 Å². The largest absolute Gasteiger partial charge is 0.345 e. The van der Waals surface area contributed by atoms with E-state index >= 15 is 0 Å². The number of nitrogens with zero attached hydrogens (tertiary/aromatic N) is 3. The van der Waals surface area contributed by atoms with E-state index in [9.17, 15) is 4.79 Å². The number of hydrogen-bond acceptors (Lipinski definition) is 3. The van der Waals surface area contributed by atoms with Crippen LogP contribution in [0.25, 0.3) is 11.0 Å². The lowest BCUT2D eigenvalue weighted by Gasteiger charge is -2.26. The van der Waals surface area contributed by atoms with Crippen molar-refractivity contribution in [2.24, 2.45) is 7.05 Å². The van der Waals surface area contributed by atoms with Gasteiger partial charge in [-0.2, -0.15) is 5.10 Å². The third-order valence-electron chi connectivity index (χ3n) is 5.64. The summed E-state index contributed by atoms with van der Waals surface area (Å²) in [6.07, 6.45) is 7.26. The van der Waals surface area contributed by atoms with E-state index in [0.29, 0.717) is 11.5 Å². The summed E-state index contributed by atoms with van der Waals surface area (Å²) in [5, 5.41) is 8.42. The van der Waals surface area contributed by atoms with Crippen molar-refractivity contribution in [1.29, 1.82) is 0 Å². The molecule has 2 aliphatic rings. The number of pyridine rings is 1. The molecule has 0 spiro atoms. The lowest BCUT2D eigenvalue weighted by Crippen LogP contribution is -2.31. The highest BCUT2D eigenvalue weighted by atomic mass is 16.1.